The molecule has 42 heavy (non-hydrogen) atoms. The maximum absolute atomic E-state index is 6.37. The molecule has 0 bridgehead atoms. The summed E-state index contributed by atoms with van der Waals surface area (Å²) in [5.41, 5.74) is 8.84. The number of hydrogen-bond acceptors (Lipinski definition) is 3. The van der Waals surface area contributed by atoms with E-state index in [-0.39, 0.29) is 5.41 Å². The highest BCUT2D eigenvalue weighted by Gasteiger charge is 2.18. The minimum absolute atomic E-state index is 0.0566. The molecule has 202 valence electrons. The van der Waals surface area contributed by atoms with Crippen molar-refractivity contribution in [2.75, 3.05) is 0 Å². The molecule has 4 heterocycles. The first kappa shape index (κ1) is 24.6. The SMILES string of the molecule is CC(C)(C)c1ccnc(-c2cccc(Oc3cccc(-c4cc5c(cn4)c4cccc6c7ccccc7n5c64)c3)c2)c1. The van der Waals surface area contributed by atoms with E-state index in [2.05, 4.69) is 115 Å². The monoisotopic (exact) mass is 543 g/mol. The molecule has 0 aliphatic heterocycles. The van der Waals surface area contributed by atoms with Gasteiger partial charge in [0.1, 0.15) is 11.5 Å². The molecule has 4 aromatic carbocycles. The van der Waals surface area contributed by atoms with Crippen LogP contribution in [0.5, 0.6) is 11.5 Å². The van der Waals surface area contributed by atoms with E-state index < -0.39 is 0 Å². The number of fused-ring (bicyclic) bond motifs is 6. The van der Waals surface area contributed by atoms with Crippen LogP contribution < -0.4 is 4.74 Å². The van der Waals surface area contributed by atoms with Crippen LogP contribution in [0.25, 0.3) is 60.6 Å². The fourth-order valence-electron chi connectivity index (χ4n) is 6.11. The van der Waals surface area contributed by atoms with Crippen LogP contribution in [0.15, 0.2) is 122 Å². The first-order valence-corrected chi connectivity index (χ1v) is 14.3. The molecule has 8 aromatic rings. The van der Waals surface area contributed by atoms with Gasteiger partial charge < -0.3 is 9.14 Å². The number of rotatable bonds is 4. The molecule has 0 saturated heterocycles. The smallest absolute Gasteiger partial charge is 0.128 e. The summed E-state index contributed by atoms with van der Waals surface area (Å²) in [6.45, 7) is 6.65. The third-order valence-electron chi connectivity index (χ3n) is 8.23. The summed E-state index contributed by atoms with van der Waals surface area (Å²) in [6.07, 6.45) is 3.90. The van der Waals surface area contributed by atoms with Crippen molar-refractivity contribution < 1.29 is 4.74 Å². The van der Waals surface area contributed by atoms with Crippen LogP contribution >= 0.6 is 0 Å². The third kappa shape index (κ3) is 3.91. The minimum Gasteiger partial charge on any atom is -0.457 e. The summed E-state index contributed by atoms with van der Waals surface area (Å²) in [4.78, 5) is 9.53. The Labute approximate surface area is 244 Å². The van der Waals surface area contributed by atoms with Gasteiger partial charge in [-0.25, -0.2) is 0 Å². The Kier molecular flexibility index (Phi) is 5.35. The number of pyridine rings is 2. The quantitative estimate of drug-likeness (QED) is 0.222. The molecule has 0 N–H and O–H groups in total. The van der Waals surface area contributed by atoms with Crippen molar-refractivity contribution in [1.82, 2.24) is 14.4 Å². The van der Waals surface area contributed by atoms with Crippen molar-refractivity contribution in [3.05, 3.63) is 127 Å². The van der Waals surface area contributed by atoms with Crippen molar-refractivity contribution in [3.8, 4) is 34.0 Å². The Morgan fingerprint density at radius 2 is 1.21 bits per heavy atom. The second kappa shape index (κ2) is 9.15. The van der Waals surface area contributed by atoms with Gasteiger partial charge in [-0.3, -0.25) is 9.97 Å². The molecule has 4 aromatic heterocycles. The highest BCUT2D eigenvalue weighted by molar-refractivity contribution is 6.23. The van der Waals surface area contributed by atoms with Crippen LogP contribution in [0.4, 0.5) is 0 Å². The van der Waals surface area contributed by atoms with Crippen LogP contribution in [0.2, 0.25) is 0 Å². The molecule has 4 nitrogen and oxygen atoms in total. The highest BCUT2D eigenvalue weighted by Crippen LogP contribution is 2.40. The summed E-state index contributed by atoms with van der Waals surface area (Å²) in [5.74, 6) is 1.53. The Bertz CT molecular complexity index is 2270. The van der Waals surface area contributed by atoms with Gasteiger partial charge >= 0.3 is 0 Å². The molecule has 0 aliphatic carbocycles. The zero-order valence-corrected chi connectivity index (χ0v) is 23.8. The lowest BCUT2D eigenvalue weighted by atomic mass is 9.87. The van der Waals surface area contributed by atoms with Crippen molar-refractivity contribution in [3.63, 3.8) is 0 Å². The minimum atomic E-state index is 0.0566. The number of para-hydroxylation sites is 2. The Morgan fingerprint density at radius 3 is 1.95 bits per heavy atom. The average Bonchev–Trinajstić information content (AvgIpc) is 3.53. The maximum atomic E-state index is 6.37. The third-order valence-corrected chi connectivity index (χ3v) is 8.23. The van der Waals surface area contributed by atoms with Crippen LogP contribution in [-0.2, 0) is 5.41 Å². The second-order valence-electron chi connectivity index (χ2n) is 12.0. The standard InChI is InChI=1S/C38H29N3O/c1-38(2,3)26-17-18-39-33(21-26)24-9-6-11-27(19-24)42-28-12-7-10-25(20-28)34-22-36-32(23-40-34)31-15-8-14-30-29-13-4-5-16-35(29)41(36)37(30)31/h4-23H,1-3H3. The molecule has 0 aliphatic rings. The van der Waals surface area contributed by atoms with E-state index in [0.717, 1.165) is 39.5 Å². The number of nitrogens with zero attached hydrogens (tertiary/aromatic N) is 3. The fraction of sp³-hybridized carbons (Fsp3) is 0.105. The summed E-state index contributed by atoms with van der Waals surface area (Å²) in [5, 5.41) is 4.95. The summed E-state index contributed by atoms with van der Waals surface area (Å²) >= 11 is 0. The van der Waals surface area contributed by atoms with Gasteiger partial charge in [-0.15, -0.1) is 0 Å². The first-order valence-electron chi connectivity index (χ1n) is 14.3. The molecule has 0 spiro atoms. The van der Waals surface area contributed by atoms with Crippen molar-refractivity contribution >= 4 is 38.1 Å². The topological polar surface area (TPSA) is 39.4 Å². The van der Waals surface area contributed by atoms with Crippen molar-refractivity contribution in [1.29, 1.82) is 0 Å². The first-order chi connectivity index (χ1) is 20.4. The number of hydrogen-bond donors (Lipinski definition) is 0. The van der Waals surface area contributed by atoms with E-state index in [1.54, 1.807) is 0 Å². The van der Waals surface area contributed by atoms with Gasteiger partial charge in [-0.05, 0) is 59.5 Å². The second-order valence-corrected chi connectivity index (χ2v) is 12.0. The summed E-state index contributed by atoms with van der Waals surface area (Å²) < 4.78 is 8.76. The van der Waals surface area contributed by atoms with Gasteiger partial charge in [0.05, 0.1) is 27.9 Å². The molecule has 0 amide bonds. The van der Waals surface area contributed by atoms with Crippen LogP contribution in [0.1, 0.15) is 26.3 Å². The van der Waals surface area contributed by atoms with E-state index in [9.17, 15) is 0 Å². The average molecular weight is 544 g/mol. The molecular formula is C38H29N3O. The van der Waals surface area contributed by atoms with E-state index in [0.29, 0.717) is 0 Å². The molecule has 0 fully saturated rings. The lowest BCUT2D eigenvalue weighted by Crippen LogP contribution is -2.11. The van der Waals surface area contributed by atoms with E-state index in [1.807, 2.05) is 36.7 Å². The van der Waals surface area contributed by atoms with E-state index in [4.69, 9.17) is 9.72 Å². The number of benzene rings is 4. The van der Waals surface area contributed by atoms with Crippen LogP contribution in [0, 0.1) is 0 Å². The molecule has 0 radical (unpaired) electrons. The highest BCUT2D eigenvalue weighted by atomic mass is 16.5. The van der Waals surface area contributed by atoms with Gasteiger partial charge in [0.2, 0.25) is 0 Å². The summed E-state index contributed by atoms with van der Waals surface area (Å²) in [7, 11) is 0. The summed E-state index contributed by atoms with van der Waals surface area (Å²) in [6, 6.07) is 37.9. The zero-order valence-electron chi connectivity index (χ0n) is 23.8. The number of ether oxygens (including phenoxy) is 1. The Balaban J connectivity index is 1.17. The fourth-order valence-corrected chi connectivity index (χ4v) is 6.11. The normalized spacial score (nSPS) is 12.2. The molecule has 0 unspecified atom stereocenters. The van der Waals surface area contributed by atoms with Gasteiger partial charge in [-0.2, -0.15) is 0 Å². The molecule has 8 rings (SSSR count). The largest absolute Gasteiger partial charge is 0.457 e. The van der Waals surface area contributed by atoms with Gasteiger partial charge in [-0.1, -0.05) is 81.4 Å². The maximum Gasteiger partial charge on any atom is 0.128 e. The lowest BCUT2D eigenvalue weighted by molar-refractivity contribution is 0.483. The van der Waals surface area contributed by atoms with Crippen LogP contribution in [-0.4, -0.2) is 14.4 Å². The lowest BCUT2D eigenvalue weighted by Gasteiger charge is -2.19. The van der Waals surface area contributed by atoms with Crippen LogP contribution in [0.3, 0.4) is 0 Å². The predicted octanol–water partition coefficient (Wildman–Crippen LogP) is 10.1. The molecule has 0 saturated carbocycles. The molecule has 0 atom stereocenters. The predicted molar refractivity (Wildman–Crippen MR) is 173 cm³/mol. The zero-order chi connectivity index (χ0) is 28.4. The van der Waals surface area contributed by atoms with Gasteiger partial charge in [0.25, 0.3) is 0 Å². The van der Waals surface area contributed by atoms with Gasteiger partial charge in [0.15, 0.2) is 0 Å². The Hall–Kier alpha value is -5.22. The van der Waals surface area contributed by atoms with E-state index >= 15 is 0 Å². The number of aromatic nitrogens is 3. The van der Waals surface area contributed by atoms with Gasteiger partial charge in [0, 0.05) is 45.1 Å². The van der Waals surface area contributed by atoms with E-state index in [1.165, 1.54) is 38.1 Å². The van der Waals surface area contributed by atoms with Crippen molar-refractivity contribution in [2.45, 2.75) is 26.2 Å². The van der Waals surface area contributed by atoms with Crippen molar-refractivity contribution in [2.24, 2.45) is 0 Å². The molecule has 4 heteroatoms. The molecular weight excluding hydrogens is 514 g/mol. The Morgan fingerprint density at radius 1 is 0.571 bits per heavy atom.